The number of fused-ring (bicyclic) bond motifs is 2. The number of hydrogen-bond donors (Lipinski definition) is 2. The van der Waals surface area contributed by atoms with E-state index in [0.29, 0.717) is 27.9 Å². The molecule has 1 aliphatic rings. The first-order valence-corrected chi connectivity index (χ1v) is 9.98. The lowest BCUT2D eigenvalue weighted by Gasteiger charge is -2.09. The van der Waals surface area contributed by atoms with Crippen LogP contribution in [0.5, 0.6) is 11.5 Å². The van der Waals surface area contributed by atoms with Crippen molar-refractivity contribution < 1.29 is 14.3 Å². The first-order valence-electron chi connectivity index (χ1n) is 8.79. The normalized spacial score (nSPS) is 12.2. The number of benzene rings is 3. The van der Waals surface area contributed by atoms with E-state index in [4.69, 9.17) is 21.1 Å². The highest BCUT2D eigenvalue weighted by Crippen LogP contribution is 2.36. The van der Waals surface area contributed by atoms with E-state index in [9.17, 15) is 4.79 Å². The Morgan fingerprint density at radius 3 is 2.55 bits per heavy atom. The molecule has 1 aliphatic heterocycles. The molecule has 2 N–H and O–H groups in total. The third-order valence-corrected chi connectivity index (χ3v) is 5.76. The molecule has 0 fully saturated rings. The van der Waals surface area contributed by atoms with Crippen molar-refractivity contribution in [2.24, 2.45) is 0 Å². The Labute approximate surface area is 175 Å². The average Bonchev–Trinajstić information content (AvgIpc) is 3.34. The standard InChI is InChI=1S/C21H14ClN3O3S/c22-15-9-12(5-7-14(15)20-25-16-3-1-2-4-19(16)29-20)23-21(26)24-13-6-8-17-18(10-13)28-11-27-17/h1-10H,11H2,(H2,23,24,26). The molecule has 0 atom stereocenters. The van der Waals surface area contributed by atoms with Gasteiger partial charge in [0, 0.05) is 23.0 Å². The second kappa shape index (κ2) is 7.27. The number of para-hydroxylation sites is 1. The van der Waals surface area contributed by atoms with Gasteiger partial charge < -0.3 is 20.1 Å². The van der Waals surface area contributed by atoms with Crippen LogP contribution >= 0.6 is 22.9 Å². The van der Waals surface area contributed by atoms with Crippen LogP contribution < -0.4 is 20.1 Å². The summed E-state index contributed by atoms with van der Waals surface area (Å²) >= 11 is 8.04. The van der Waals surface area contributed by atoms with E-state index in [2.05, 4.69) is 15.6 Å². The number of rotatable bonds is 3. The van der Waals surface area contributed by atoms with Crippen molar-refractivity contribution in [2.45, 2.75) is 0 Å². The summed E-state index contributed by atoms with van der Waals surface area (Å²) in [5, 5.41) is 6.90. The van der Waals surface area contributed by atoms with Gasteiger partial charge in [0.15, 0.2) is 11.5 Å². The fourth-order valence-corrected chi connectivity index (χ4v) is 4.35. The van der Waals surface area contributed by atoms with E-state index in [1.54, 1.807) is 41.7 Å². The van der Waals surface area contributed by atoms with Crippen LogP contribution in [-0.2, 0) is 0 Å². The summed E-state index contributed by atoms with van der Waals surface area (Å²) in [6.45, 7) is 0.185. The zero-order chi connectivity index (χ0) is 19.8. The fourth-order valence-electron chi connectivity index (χ4n) is 3.02. The molecule has 0 bridgehead atoms. The SMILES string of the molecule is O=C(Nc1ccc(-c2nc3ccccc3s2)c(Cl)c1)Nc1ccc2c(c1)OCO2. The largest absolute Gasteiger partial charge is 0.454 e. The van der Waals surface area contributed by atoms with Gasteiger partial charge >= 0.3 is 6.03 Å². The molecule has 8 heteroatoms. The zero-order valence-electron chi connectivity index (χ0n) is 14.9. The summed E-state index contributed by atoms with van der Waals surface area (Å²) in [5.74, 6) is 1.26. The first-order chi connectivity index (χ1) is 14.2. The van der Waals surface area contributed by atoms with Crippen LogP contribution in [0.1, 0.15) is 0 Å². The Morgan fingerprint density at radius 1 is 0.966 bits per heavy atom. The van der Waals surface area contributed by atoms with Crippen LogP contribution in [0.15, 0.2) is 60.7 Å². The number of carbonyl (C=O) groups is 1. The van der Waals surface area contributed by atoms with E-state index in [1.165, 1.54) is 0 Å². The monoisotopic (exact) mass is 423 g/mol. The Hall–Kier alpha value is -3.29. The summed E-state index contributed by atoms with van der Waals surface area (Å²) in [6, 6.07) is 18.1. The molecular formula is C21H14ClN3O3S. The quantitative estimate of drug-likeness (QED) is 0.424. The number of halogens is 1. The molecule has 0 saturated carbocycles. The van der Waals surface area contributed by atoms with Crippen molar-refractivity contribution in [1.82, 2.24) is 4.98 Å². The average molecular weight is 424 g/mol. The molecule has 6 nitrogen and oxygen atoms in total. The van der Waals surface area contributed by atoms with Crippen molar-refractivity contribution >= 4 is 50.6 Å². The summed E-state index contributed by atoms with van der Waals surface area (Å²) in [5.41, 5.74) is 2.95. The number of carbonyl (C=O) groups excluding carboxylic acids is 1. The van der Waals surface area contributed by atoms with Gasteiger partial charge in [-0.1, -0.05) is 23.7 Å². The van der Waals surface area contributed by atoms with Crippen molar-refractivity contribution in [3.05, 3.63) is 65.7 Å². The van der Waals surface area contributed by atoms with Gasteiger partial charge in [-0.2, -0.15) is 0 Å². The van der Waals surface area contributed by atoms with Gasteiger partial charge in [0.1, 0.15) is 5.01 Å². The lowest BCUT2D eigenvalue weighted by molar-refractivity contribution is 0.174. The number of aromatic nitrogens is 1. The molecule has 0 aliphatic carbocycles. The predicted molar refractivity (Wildman–Crippen MR) is 115 cm³/mol. The van der Waals surface area contributed by atoms with Gasteiger partial charge in [0.05, 0.1) is 15.2 Å². The lowest BCUT2D eigenvalue weighted by atomic mass is 10.2. The molecule has 0 radical (unpaired) electrons. The van der Waals surface area contributed by atoms with Gasteiger partial charge in [0.25, 0.3) is 0 Å². The minimum atomic E-state index is -0.382. The summed E-state index contributed by atoms with van der Waals surface area (Å²) in [7, 11) is 0. The Kier molecular flexibility index (Phi) is 4.46. The van der Waals surface area contributed by atoms with Crippen molar-refractivity contribution in [3.63, 3.8) is 0 Å². The highest BCUT2D eigenvalue weighted by Gasteiger charge is 2.15. The predicted octanol–water partition coefficient (Wildman–Crippen LogP) is 5.99. The topological polar surface area (TPSA) is 72.5 Å². The first kappa shape index (κ1) is 17.8. The van der Waals surface area contributed by atoms with Gasteiger partial charge in [-0.25, -0.2) is 9.78 Å². The molecule has 3 aromatic carbocycles. The van der Waals surface area contributed by atoms with Gasteiger partial charge in [0.2, 0.25) is 6.79 Å². The zero-order valence-corrected chi connectivity index (χ0v) is 16.5. The number of hydrogen-bond acceptors (Lipinski definition) is 5. The number of nitrogens with one attached hydrogen (secondary N) is 2. The van der Waals surface area contributed by atoms with E-state index in [-0.39, 0.29) is 12.8 Å². The molecule has 4 aromatic rings. The van der Waals surface area contributed by atoms with Crippen molar-refractivity contribution in [2.75, 3.05) is 17.4 Å². The van der Waals surface area contributed by atoms with Gasteiger partial charge in [-0.15, -0.1) is 11.3 Å². The molecular weight excluding hydrogens is 410 g/mol. The molecule has 1 aromatic heterocycles. The van der Waals surface area contributed by atoms with E-state index in [0.717, 1.165) is 20.8 Å². The van der Waals surface area contributed by atoms with E-state index >= 15 is 0 Å². The molecule has 2 heterocycles. The van der Waals surface area contributed by atoms with E-state index in [1.807, 2.05) is 30.3 Å². The summed E-state index contributed by atoms with van der Waals surface area (Å²) in [4.78, 5) is 16.9. The van der Waals surface area contributed by atoms with Crippen molar-refractivity contribution in [1.29, 1.82) is 0 Å². The smallest absolute Gasteiger partial charge is 0.323 e. The number of ether oxygens (including phenoxy) is 2. The third kappa shape index (κ3) is 3.57. The molecule has 0 spiro atoms. The summed E-state index contributed by atoms with van der Waals surface area (Å²) in [6.07, 6.45) is 0. The maximum Gasteiger partial charge on any atom is 0.323 e. The Bertz CT molecular complexity index is 1210. The molecule has 2 amide bonds. The third-order valence-electron chi connectivity index (χ3n) is 4.38. The minimum Gasteiger partial charge on any atom is -0.454 e. The molecule has 5 rings (SSSR count). The number of anilines is 2. The van der Waals surface area contributed by atoms with Crippen LogP contribution in [0.4, 0.5) is 16.2 Å². The Morgan fingerprint density at radius 2 is 1.72 bits per heavy atom. The Balaban J connectivity index is 1.31. The van der Waals surface area contributed by atoms with Gasteiger partial charge in [-0.3, -0.25) is 0 Å². The number of thiazole rings is 1. The maximum atomic E-state index is 12.3. The second-order valence-corrected chi connectivity index (χ2v) is 7.77. The van der Waals surface area contributed by atoms with Crippen LogP contribution in [0.3, 0.4) is 0 Å². The van der Waals surface area contributed by atoms with Crippen LogP contribution in [0.25, 0.3) is 20.8 Å². The molecule has 144 valence electrons. The molecule has 0 unspecified atom stereocenters. The highest BCUT2D eigenvalue weighted by molar-refractivity contribution is 7.21. The van der Waals surface area contributed by atoms with Gasteiger partial charge in [-0.05, 0) is 42.5 Å². The van der Waals surface area contributed by atoms with Crippen molar-refractivity contribution in [3.8, 4) is 22.1 Å². The maximum absolute atomic E-state index is 12.3. The molecule has 29 heavy (non-hydrogen) atoms. The van der Waals surface area contributed by atoms with Crippen LogP contribution in [0, 0.1) is 0 Å². The number of amides is 2. The minimum absolute atomic E-state index is 0.185. The summed E-state index contributed by atoms with van der Waals surface area (Å²) < 4.78 is 11.7. The molecule has 0 saturated heterocycles. The van der Waals surface area contributed by atoms with E-state index < -0.39 is 0 Å². The van der Waals surface area contributed by atoms with Crippen LogP contribution in [0.2, 0.25) is 5.02 Å². The lowest BCUT2D eigenvalue weighted by Crippen LogP contribution is -2.19. The second-order valence-electron chi connectivity index (χ2n) is 6.33. The number of nitrogens with zero attached hydrogens (tertiary/aromatic N) is 1. The highest BCUT2D eigenvalue weighted by atomic mass is 35.5. The fraction of sp³-hybridized carbons (Fsp3) is 0.0476. The van der Waals surface area contributed by atoms with Crippen LogP contribution in [-0.4, -0.2) is 17.8 Å². The number of urea groups is 1.